The van der Waals surface area contributed by atoms with Gasteiger partial charge in [-0.25, -0.2) is 0 Å². The number of likely N-dealkylation sites (tertiary alicyclic amines) is 1. The molecule has 0 bridgehead atoms. The van der Waals surface area contributed by atoms with Crippen LogP contribution in [0.25, 0.3) is 10.9 Å². The van der Waals surface area contributed by atoms with Crippen LogP contribution in [0.4, 0.5) is 0 Å². The zero-order valence-electron chi connectivity index (χ0n) is 14.2. The van der Waals surface area contributed by atoms with Gasteiger partial charge in [0, 0.05) is 24.3 Å². The van der Waals surface area contributed by atoms with Gasteiger partial charge in [-0.15, -0.1) is 0 Å². The number of ether oxygens (including phenoxy) is 1. The number of benzene rings is 2. The molecule has 1 fully saturated rings. The maximum absolute atomic E-state index is 5.38. The summed E-state index contributed by atoms with van der Waals surface area (Å²) < 4.78 is 5.38. The van der Waals surface area contributed by atoms with E-state index in [4.69, 9.17) is 4.74 Å². The second-order valence-corrected chi connectivity index (χ2v) is 6.73. The highest BCUT2D eigenvalue weighted by Crippen LogP contribution is 2.30. The minimum atomic E-state index is 0.596. The standard InChI is InChI=1S/C21H24N2O/c1-24-20-9-4-7-16(13-20)18-8-5-11-23(14-18)15-19-12-17-6-2-3-10-21(17)22-19/h2-4,6-7,9-10,12-13,18,22H,5,8,11,14-15H2,1H3. The van der Waals surface area contributed by atoms with Gasteiger partial charge in [-0.3, -0.25) is 4.90 Å². The summed E-state index contributed by atoms with van der Waals surface area (Å²) in [6.07, 6.45) is 2.51. The highest BCUT2D eigenvalue weighted by molar-refractivity contribution is 5.80. The van der Waals surface area contributed by atoms with Crippen molar-refractivity contribution in [3.8, 4) is 5.75 Å². The number of methoxy groups -OCH3 is 1. The molecule has 4 rings (SSSR count). The SMILES string of the molecule is COc1cccc(C2CCCN(Cc3cc4ccccc4[nH]3)C2)c1. The Morgan fingerprint density at radius 3 is 2.92 bits per heavy atom. The van der Waals surface area contributed by atoms with Gasteiger partial charge in [-0.1, -0.05) is 30.3 Å². The largest absolute Gasteiger partial charge is 0.497 e. The van der Waals surface area contributed by atoms with Gasteiger partial charge in [-0.2, -0.15) is 0 Å². The van der Waals surface area contributed by atoms with Crippen LogP contribution in [0.1, 0.15) is 30.0 Å². The molecule has 24 heavy (non-hydrogen) atoms. The van der Waals surface area contributed by atoms with E-state index in [1.807, 2.05) is 6.07 Å². The third kappa shape index (κ3) is 3.17. The lowest BCUT2D eigenvalue weighted by Crippen LogP contribution is -2.33. The average Bonchev–Trinajstić information content (AvgIpc) is 3.04. The topological polar surface area (TPSA) is 28.3 Å². The minimum absolute atomic E-state index is 0.596. The van der Waals surface area contributed by atoms with E-state index >= 15 is 0 Å². The monoisotopic (exact) mass is 320 g/mol. The molecule has 1 unspecified atom stereocenters. The van der Waals surface area contributed by atoms with E-state index in [1.165, 1.54) is 41.5 Å². The van der Waals surface area contributed by atoms with E-state index in [0.29, 0.717) is 5.92 Å². The van der Waals surface area contributed by atoms with Crippen LogP contribution in [0.3, 0.4) is 0 Å². The molecule has 1 aliphatic rings. The number of piperidine rings is 1. The molecule has 3 aromatic rings. The van der Waals surface area contributed by atoms with E-state index in [1.54, 1.807) is 7.11 Å². The molecule has 1 atom stereocenters. The van der Waals surface area contributed by atoms with Crippen molar-refractivity contribution in [1.82, 2.24) is 9.88 Å². The highest BCUT2D eigenvalue weighted by Gasteiger charge is 2.22. The fourth-order valence-corrected chi connectivity index (χ4v) is 3.83. The first-order valence-corrected chi connectivity index (χ1v) is 8.75. The van der Waals surface area contributed by atoms with Crippen LogP contribution in [0.15, 0.2) is 54.6 Å². The van der Waals surface area contributed by atoms with Gasteiger partial charge < -0.3 is 9.72 Å². The fraction of sp³-hybridized carbons (Fsp3) is 0.333. The number of hydrogen-bond donors (Lipinski definition) is 1. The van der Waals surface area contributed by atoms with E-state index in [-0.39, 0.29) is 0 Å². The Kier molecular flexibility index (Phi) is 4.26. The lowest BCUT2D eigenvalue weighted by molar-refractivity contribution is 0.198. The van der Waals surface area contributed by atoms with Crippen LogP contribution < -0.4 is 4.74 Å². The summed E-state index contributed by atoms with van der Waals surface area (Å²) in [4.78, 5) is 6.12. The van der Waals surface area contributed by atoms with Crippen LogP contribution in [0.2, 0.25) is 0 Å². The number of aromatic amines is 1. The van der Waals surface area contributed by atoms with Crippen LogP contribution in [0.5, 0.6) is 5.75 Å². The summed E-state index contributed by atoms with van der Waals surface area (Å²) in [6, 6.07) is 19.3. The van der Waals surface area contributed by atoms with Crippen molar-refractivity contribution in [3.63, 3.8) is 0 Å². The van der Waals surface area contributed by atoms with Crippen molar-refractivity contribution in [3.05, 3.63) is 65.9 Å². The number of aromatic nitrogens is 1. The molecule has 124 valence electrons. The Labute approximate surface area is 143 Å². The number of fused-ring (bicyclic) bond motifs is 1. The zero-order chi connectivity index (χ0) is 16.4. The summed E-state index contributed by atoms with van der Waals surface area (Å²) in [5.41, 5.74) is 3.94. The number of nitrogens with one attached hydrogen (secondary N) is 1. The maximum atomic E-state index is 5.38. The molecule has 2 aromatic carbocycles. The van der Waals surface area contributed by atoms with E-state index in [9.17, 15) is 0 Å². The van der Waals surface area contributed by atoms with E-state index in [0.717, 1.165) is 18.8 Å². The molecular formula is C21H24N2O. The first-order chi connectivity index (χ1) is 11.8. The van der Waals surface area contributed by atoms with Gasteiger partial charge in [0.05, 0.1) is 7.11 Å². The van der Waals surface area contributed by atoms with E-state index in [2.05, 4.69) is 58.4 Å². The first kappa shape index (κ1) is 15.3. The second-order valence-electron chi connectivity index (χ2n) is 6.73. The van der Waals surface area contributed by atoms with Gasteiger partial charge in [0.25, 0.3) is 0 Å². The number of H-pyrrole nitrogens is 1. The van der Waals surface area contributed by atoms with Crippen molar-refractivity contribution in [2.75, 3.05) is 20.2 Å². The summed E-state index contributed by atoms with van der Waals surface area (Å²) >= 11 is 0. The summed E-state index contributed by atoms with van der Waals surface area (Å²) in [5, 5.41) is 1.30. The predicted molar refractivity (Wildman–Crippen MR) is 98.5 cm³/mol. The smallest absolute Gasteiger partial charge is 0.119 e. The predicted octanol–water partition coefficient (Wildman–Crippen LogP) is 4.56. The van der Waals surface area contributed by atoms with Crippen LogP contribution in [0, 0.1) is 0 Å². The summed E-state index contributed by atoms with van der Waals surface area (Å²) in [5.74, 6) is 1.55. The van der Waals surface area contributed by atoms with Gasteiger partial charge in [0.15, 0.2) is 0 Å². The number of hydrogen-bond acceptors (Lipinski definition) is 2. The average molecular weight is 320 g/mol. The Bertz CT molecular complexity index is 790. The molecule has 0 aliphatic carbocycles. The van der Waals surface area contributed by atoms with Crippen molar-refractivity contribution in [1.29, 1.82) is 0 Å². The van der Waals surface area contributed by atoms with Crippen LogP contribution in [-0.2, 0) is 6.54 Å². The molecule has 0 amide bonds. The Balaban J connectivity index is 1.48. The molecule has 2 heterocycles. The molecule has 0 saturated carbocycles. The Morgan fingerprint density at radius 2 is 2.04 bits per heavy atom. The molecule has 1 aliphatic heterocycles. The number of para-hydroxylation sites is 1. The third-order valence-corrected chi connectivity index (χ3v) is 5.05. The molecule has 1 saturated heterocycles. The van der Waals surface area contributed by atoms with Gasteiger partial charge in [0.2, 0.25) is 0 Å². The number of nitrogens with zero attached hydrogens (tertiary/aromatic N) is 1. The zero-order valence-corrected chi connectivity index (χ0v) is 14.2. The van der Waals surface area contributed by atoms with Gasteiger partial charge >= 0.3 is 0 Å². The molecule has 0 spiro atoms. The third-order valence-electron chi connectivity index (χ3n) is 5.05. The lowest BCUT2D eigenvalue weighted by Gasteiger charge is -2.32. The first-order valence-electron chi connectivity index (χ1n) is 8.75. The molecule has 3 nitrogen and oxygen atoms in total. The minimum Gasteiger partial charge on any atom is -0.497 e. The van der Waals surface area contributed by atoms with E-state index < -0.39 is 0 Å². The molecule has 0 radical (unpaired) electrons. The molecular weight excluding hydrogens is 296 g/mol. The normalized spacial score (nSPS) is 18.8. The quantitative estimate of drug-likeness (QED) is 0.763. The van der Waals surface area contributed by atoms with Gasteiger partial charge in [0.1, 0.15) is 5.75 Å². The van der Waals surface area contributed by atoms with Crippen LogP contribution >= 0.6 is 0 Å². The summed E-state index contributed by atoms with van der Waals surface area (Å²) in [7, 11) is 1.74. The van der Waals surface area contributed by atoms with Crippen molar-refractivity contribution in [2.24, 2.45) is 0 Å². The van der Waals surface area contributed by atoms with Crippen molar-refractivity contribution >= 4 is 10.9 Å². The molecule has 1 N–H and O–H groups in total. The van der Waals surface area contributed by atoms with Gasteiger partial charge in [-0.05, 0) is 60.5 Å². The summed E-state index contributed by atoms with van der Waals surface area (Å²) in [6.45, 7) is 3.29. The Morgan fingerprint density at radius 1 is 1.12 bits per heavy atom. The highest BCUT2D eigenvalue weighted by atomic mass is 16.5. The Hall–Kier alpha value is -2.26. The van der Waals surface area contributed by atoms with Crippen LogP contribution in [-0.4, -0.2) is 30.1 Å². The lowest BCUT2D eigenvalue weighted by atomic mass is 9.90. The van der Waals surface area contributed by atoms with Crippen molar-refractivity contribution in [2.45, 2.75) is 25.3 Å². The number of rotatable bonds is 4. The fourth-order valence-electron chi connectivity index (χ4n) is 3.83. The maximum Gasteiger partial charge on any atom is 0.119 e. The molecule has 3 heteroatoms. The second kappa shape index (κ2) is 6.70. The van der Waals surface area contributed by atoms with Crippen molar-refractivity contribution < 1.29 is 4.74 Å². The molecule has 1 aromatic heterocycles.